The Morgan fingerprint density at radius 1 is 1.28 bits per heavy atom. The van der Waals surface area contributed by atoms with Gasteiger partial charge in [-0.2, -0.15) is 0 Å². The summed E-state index contributed by atoms with van der Waals surface area (Å²) in [5.74, 6) is -0.0411. The monoisotopic (exact) mass is 252 g/mol. The van der Waals surface area contributed by atoms with E-state index in [1.54, 1.807) is 0 Å². The summed E-state index contributed by atoms with van der Waals surface area (Å²) in [5, 5.41) is 2.94. The van der Waals surface area contributed by atoms with Crippen LogP contribution < -0.4 is 5.32 Å². The molecule has 3 amide bonds. The first kappa shape index (κ1) is 12.0. The number of rotatable bonds is 1. The third-order valence-corrected chi connectivity index (χ3v) is 4.62. The Morgan fingerprint density at radius 2 is 2.00 bits per heavy atom. The summed E-state index contributed by atoms with van der Waals surface area (Å²) < 4.78 is 5.39. The number of nitrogens with one attached hydrogen (secondary N) is 1. The number of hydrogen-bond acceptors (Lipinski definition) is 3. The van der Waals surface area contributed by atoms with E-state index in [2.05, 4.69) is 5.32 Å². The predicted octanol–water partition coefficient (Wildman–Crippen LogP) is 1.28. The molecule has 1 N–H and O–H groups in total. The van der Waals surface area contributed by atoms with Crippen LogP contribution in [0.1, 0.15) is 39.0 Å². The van der Waals surface area contributed by atoms with E-state index >= 15 is 0 Å². The van der Waals surface area contributed by atoms with Crippen LogP contribution in [0.15, 0.2) is 0 Å². The van der Waals surface area contributed by atoms with Crippen LogP contribution in [-0.4, -0.2) is 42.1 Å². The average molecular weight is 252 g/mol. The molecule has 1 saturated carbocycles. The zero-order valence-electron chi connectivity index (χ0n) is 10.8. The van der Waals surface area contributed by atoms with Gasteiger partial charge in [-0.05, 0) is 19.8 Å². The standard InChI is InChI=1S/C13H20N2O3/c1-13-8-18-7-10(13)14-12(17)15(11(13)16)9-5-3-2-4-6-9/h9-10H,2-8H2,1H3,(H,14,17). The summed E-state index contributed by atoms with van der Waals surface area (Å²) in [7, 11) is 0. The molecule has 3 aliphatic rings. The van der Waals surface area contributed by atoms with Gasteiger partial charge in [0.15, 0.2) is 0 Å². The molecule has 2 heterocycles. The lowest BCUT2D eigenvalue weighted by Gasteiger charge is -2.43. The minimum atomic E-state index is -0.564. The molecule has 2 atom stereocenters. The van der Waals surface area contributed by atoms with E-state index in [4.69, 9.17) is 4.74 Å². The van der Waals surface area contributed by atoms with Crippen LogP contribution in [0.2, 0.25) is 0 Å². The van der Waals surface area contributed by atoms with Gasteiger partial charge in [-0.3, -0.25) is 9.69 Å². The maximum atomic E-state index is 12.6. The van der Waals surface area contributed by atoms with Gasteiger partial charge in [0.05, 0.1) is 24.7 Å². The second kappa shape index (κ2) is 4.23. The lowest BCUT2D eigenvalue weighted by Crippen LogP contribution is -2.66. The molecular formula is C13H20N2O3. The fourth-order valence-electron chi connectivity index (χ4n) is 3.34. The van der Waals surface area contributed by atoms with E-state index in [-0.39, 0.29) is 24.0 Å². The highest BCUT2D eigenvalue weighted by Gasteiger charge is 2.55. The molecular weight excluding hydrogens is 232 g/mol. The van der Waals surface area contributed by atoms with Crippen molar-refractivity contribution in [3.8, 4) is 0 Å². The maximum Gasteiger partial charge on any atom is 0.324 e. The van der Waals surface area contributed by atoms with Crippen molar-refractivity contribution in [1.29, 1.82) is 0 Å². The van der Waals surface area contributed by atoms with E-state index in [9.17, 15) is 9.59 Å². The number of urea groups is 1. The highest BCUT2D eigenvalue weighted by Crippen LogP contribution is 2.36. The quantitative estimate of drug-likeness (QED) is 0.764. The third kappa shape index (κ3) is 1.64. The van der Waals surface area contributed by atoms with Gasteiger partial charge >= 0.3 is 6.03 Å². The van der Waals surface area contributed by atoms with Crippen LogP contribution in [0.3, 0.4) is 0 Å². The number of imide groups is 1. The van der Waals surface area contributed by atoms with Crippen molar-refractivity contribution in [3.05, 3.63) is 0 Å². The first-order valence-corrected chi connectivity index (χ1v) is 6.85. The molecule has 1 aliphatic carbocycles. The molecule has 18 heavy (non-hydrogen) atoms. The highest BCUT2D eigenvalue weighted by atomic mass is 16.5. The van der Waals surface area contributed by atoms with Crippen LogP contribution in [0, 0.1) is 5.41 Å². The lowest BCUT2D eigenvalue weighted by atomic mass is 9.80. The number of fused-ring (bicyclic) bond motifs is 1. The van der Waals surface area contributed by atoms with Gasteiger partial charge in [0.25, 0.3) is 0 Å². The third-order valence-electron chi connectivity index (χ3n) is 4.62. The molecule has 2 saturated heterocycles. The molecule has 0 bridgehead atoms. The van der Waals surface area contributed by atoms with Crippen LogP contribution in [-0.2, 0) is 9.53 Å². The SMILES string of the molecule is CC12COCC1NC(=O)N(C1CCCCC1)C2=O. The van der Waals surface area contributed by atoms with Crippen LogP contribution in [0.4, 0.5) is 4.79 Å². The van der Waals surface area contributed by atoms with Crippen molar-refractivity contribution in [2.45, 2.75) is 51.1 Å². The van der Waals surface area contributed by atoms with E-state index in [0.29, 0.717) is 13.2 Å². The minimum absolute atomic E-state index is 0.0411. The second-order valence-electron chi connectivity index (χ2n) is 5.90. The Morgan fingerprint density at radius 3 is 2.72 bits per heavy atom. The molecule has 3 rings (SSSR count). The molecule has 3 fully saturated rings. The van der Waals surface area contributed by atoms with Crippen LogP contribution in [0.25, 0.3) is 0 Å². The molecule has 5 heteroatoms. The molecule has 100 valence electrons. The maximum absolute atomic E-state index is 12.6. The normalized spacial score (nSPS) is 37.6. The van der Waals surface area contributed by atoms with Crippen molar-refractivity contribution in [2.75, 3.05) is 13.2 Å². The molecule has 0 aromatic heterocycles. The minimum Gasteiger partial charge on any atom is -0.378 e. The smallest absolute Gasteiger partial charge is 0.324 e. The van der Waals surface area contributed by atoms with Gasteiger partial charge in [-0.15, -0.1) is 0 Å². The van der Waals surface area contributed by atoms with Gasteiger partial charge in [-0.25, -0.2) is 4.79 Å². The molecule has 5 nitrogen and oxygen atoms in total. The molecule has 0 aromatic carbocycles. The lowest BCUT2D eigenvalue weighted by molar-refractivity contribution is -0.143. The van der Waals surface area contributed by atoms with Gasteiger partial charge in [0.1, 0.15) is 0 Å². The Kier molecular flexibility index (Phi) is 2.81. The van der Waals surface area contributed by atoms with Crippen molar-refractivity contribution < 1.29 is 14.3 Å². The molecule has 2 unspecified atom stereocenters. The van der Waals surface area contributed by atoms with Gasteiger partial charge in [0.2, 0.25) is 5.91 Å². The average Bonchev–Trinajstić information content (AvgIpc) is 2.74. The molecule has 0 aromatic rings. The summed E-state index contributed by atoms with van der Waals surface area (Å²) in [5.41, 5.74) is -0.564. The van der Waals surface area contributed by atoms with Crippen LogP contribution in [0.5, 0.6) is 0 Å². The Hall–Kier alpha value is -1.10. The summed E-state index contributed by atoms with van der Waals surface area (Å²) in [4.78, 5) is 26.2. The van der Waals surface area contributed by atoms with Gasteiger partial charge < -0.3 is 10.1 Å². The number of amides is 3. The molecule has 0 spiro atoms. The molecule has 2 aliphatic heterocycles. The Balaban J connectivity index is 1.85. The fraction of sp³-hybridized carbons (Fsp3) is 0.846. The number of ether oxygens (including phenoxy) is 1. The van der Waals surface area contributed by atoms with E-state index in [0.717, 1.165) is 25.7 Å². The number of carbonyl (C=O) groups excluding carboxylic acids is 2. The molecule has 0 radical (unpaired) electrons. The largest absolute Gasteiger partial charge is 0.378 e. The Labute approximate surface area is 107 Å². The number of nitrogens with zero attached hydrogens (tertiary/aromatic N) is 1. The summed E-state index contributed by atoms with van der Waals surface area (Å²) in [6.07, 6.45) is 5.32. The summed E-state index contributed by atoms with van der Waals surface area (Å²) >= 11 is 0. The second-order valence-corrected chi connectivity index (χ2v) is 5.90. The number of carbonyl (C=O) groups is 2. The van der Waals surface area contributed by atoms with Crippen molar-refractivity contribution >= 4 is 11.9 Å². The van der Waals surface area contributed by atoms with E-state index in [1.165, 1.54) is 11.3 Å². The Bertz CT molecular complexity index is 378. The zero-order valence-corrected chi connectivity index (χ0v) is 10.8. The topological polar surface area (TPSA) is 58.6 Å². The highest BCUT2D eigenvalue weighted by molar-refractivity contribution is 6.01. The number of hydrogen-bond donors (Lipinski definition) is 1. The predicted molar refractivity (Wildman–Crippen MR) is 65.0 cm³/mol. The zero-order chi connectivity index (χ0) is 12.8. The van der Waals surface area contributed by atoms with E-state index in [1.807, 2.05) is 6.92 Å². The van der Waals surface area contributed by atoms with Crippen molar-refractivity contribution in [1.82, 2.24) is 10.2 Å². The van der Waals surface area contributed by atoms with Crippen LogP contribution >= 0.6 is 0 Å². The summed E-state index contributed by atoms with van der Waals surface area (Å²) in [6, 6.07) is -0.290. The van der Waals surface area contributed by atoms with Gasteiger partial charge in [0, 0.05) is 6.04 Å². The summed E-state index contributed by atoms with van der Waals surface area (Å²) in [6.45, 7) is 2.77. The van der Waals surface area contributed by atoms with E-state index < -0.39 is 5.41 Å². The van der Waals surface area contributed by atoms with Crippen molar-refractivity contribution in [3.63, 3.8) is 0 Å². The fourth-order valence-corrected chi connectivity index (χ4v) is 3.34. The first-order chi connectivity index (χ1) is 8.63. The van der Waals surface area contributed by atoms with Crippen molar-refractivity contribution in [2.24, 2.45) is 5.41 Å². The van der Waals surface area contributed by atoms with Gasteiger partial charge in [-0.1, -0.05) is 19.3 Å². The first-order valence-electron chi connectivity index (χ1n) is 6.85.